The van der Waals surface area contributed by atoms with Crippen LogP contribution in [0.4, 0.5) is 5.69 Å². The minimum Gasteiger partial charge on any atom is -0.354 e. The molecule has 0 aromatic heterocycles. The molecule has 0 bridgehead atoms. The number of anilines is 1. The summed E-state index contributed by atoms with van der Waals surface area (Å²) in [7, 11) is 0. The van der Waals surface area contributed by atoms with Crippen LogP contribution in [0, 0.1) is 5.92 Å². The first-order valence-corrected chi connectivity index (χ1v) is 6.78. The van der Waals surface area contributed by atoms with E-state index in [9.17, 15) is 9.59 Å². The molecule has 1 aliphatic rings. The minimum atomic E-state index is -0.540. The van der Waals surface area contributed by atoms with Gasteiger partial charge in [-0.15, -0.1) is 11.6 Å². The summed E-state index contributed by atoms with van der Waals surface area (Å²) in [6.45, 7) is 2.76. The van der Waals surface area contributed by atoms with Crippen molar-refractivity contribution in [2.45, 2.75) is 18.7 Å². The number of benzene rings is 1. The molecule has 1 heterocycles. The van der Waals surface area contributed by atoms with Crippen LogP contribution in [0.25, 0.3) is 0 Å². The molecule has 1 fully saturated rings. The molecule has 0 radical (unpaired) electrons. The molecule has 0 aliphatic carbocycles. The first-order valence-electron chi connectivity index (χ1n) is 6.35. The van der Waals surface area contributed by atoms with E-state index in [1.165, 1.54) is 0 Å². The summed E-state index contributed by atoms with van der Waals surface area (Å²) in [5.74, 6) is 0.0590. The van der Waals surface area contributed by atoms with Gasteiger partial charge in [0.1, 0.15) is 5.38 Å². The molecular formula is C14H17ClN2O2. The summed E-state index contributed by atoms with van der Waals surface area (Å²) in [5.41, 5.74) is 0.909. The molecule has 102 valence electrons. The fourth-order valence-corrected chi connectivity index (χ4v) is 2.24. The number of carbonyl (C=O) groups is 2. The van der Waals surface area contributed by atoms with Crippen LogP contribution in [0.1, 0.15) is 13.3 Å². The summed E-state index contributed by atoms with van der Waals surface area (Å²) < 4.78 is 0. The number of halogens is 1. The summed E-state index contributed by atoms with van der Waals surface area (Å²) in [5, 5.41) is 2.23. The third-order valence-corrected chi connectivity index (χ3v) is 3.40. The second kappa shape index (κ2) is 6.06. The molecule has 2 atom stereocenters. The Morgan fingerprint density at radius 3 is 2.79 bits per heavy atom. The molecule has 4 nitrogen and oxygen atoms in total. The Hall–Kier alpha value is -1.55. The van der Waals surface area contributed by atoms with E-state index in [-0.39, 0.29) is 17.7 Å². The average Bonchev–Trinajstić information content (AvgIpc) is 2.78. The second-order valence-electron chi connectivity index (χ2n) is 4.77. The highest BCUT2D eigenvalue weighted by Crippen LogP contribution is 2.24. The van der Waals surface area contributed by atoms with Crippen LogP contribution in [0.15, 0.2) is 30.3 Å². The highest BCUT2D eigenvalue weighted by Gasteiger charge is 2.30. The minimum absolute atomic E-state index is 0.101. The standard InChI is InChI=1S/C14H17ClN2O2/c1-10(15)14(19)16-8-11-7-13(18)17(9-11)12-5-3-2-4-6-12/h2-6,10-11H,7-9H2,1H3,(H,16,19). The van der Waals surface area contributed by atoms with Gasteiger partial charge in [0.25, 0.3) is 0 Å². The number of amides is 2. The predicted octanol–water partition coefficient (Wildman–Crippen LogP) is 1.78. The van der Waals surface area contributed by atoms with Gasteiger partial charge in [-0.3, -0.25) is 9.59 Å². The quantitative estimate of drug-likeness (QED) is 0.855. The second-order valence-corrected chi connectivity index (χ2v) is 5.43. The highest BCUT2D eigenvalue weighted by molar-refractivity contribution is 6.30. The van der Waals surface area contributed by atoms with E-state index in [2.05, 4.69) is 5.32 Å². The number of para-hydroxylation sites is 1. The van der Waals surface area contributed by atoms with Gasteiger partial charge in [-0.05, 0) is 19.1 Å². The van der Waals surface area contributed by atoms with E-state index in [1.54, 1.807) is 11.8 Å². The van der Waals surface area contributed by atoms with E-state index < -0.39 is 5.38 Å². The molecule has 5 heteroatoms. The number of carbonyl (C=O) groups excluding carboxylic acids is 2. The van der Waals surface area contributed by atoms with Crippen molar-refractivity contribution < 1.29 is 9.59 Å². The van der Waals surface area contributed by atoms with E-state index in [4.69, 9.17) is 11.6 Å². The third kappa shape index (κ3) is 3.47. The summed E-state index contributed by atoms with van der Waals surface area (Å²) in [6, 6.07) is 9.57. The normalized spacial score (nSPS) is 20.4. The van der Waals surface area contributed by atoms with Crippen LogP contribution in [-0.2, 0) is 9.59 Å². The monoisotopic (exact) mass is 280 g/mol. The van der Waals surface area contributed by atoms with Gasteiger partial charge < -0.3 is 10.2 Å². The lowest BCUT2D eigenvalue weighted by atomic mass is 10.1. The number of nitrogens with one attached hydrogen (secondary N) is 1. The van der Waals surface area contributed by atoms with Crippen LogP contribution in [-0.4, -0.2) is 30.3 Å². The maximum atomic E-state index is 12.0. The average molecular weight is 281 g/mol. The molecule has 2 unspecified atom stereocenters. The van der Waals surface area contributed by atoms with Crippen molar-refractivity contribution in [3.63, 3.8) is 0 Å². The van der Waals surface area contributed by atoms with Crippen molar-refractivity contribution in [3.05, 3.63) is 30.3 Å². The smallest absolute Gasteiger partial charge is 0.237 e. The van der Waals surface area contributed by atoms with Gasteiger partial charge in [-0.25, -0.2) is 0 Å². The van der Waals surface area contributed by atoms with Crippen molar-refractivity contribution in [2.24, 2.45) is 5.92 Å². The van der Waals surface area contributed by atoms with Gasteiger partial charge >= 0.3 is 0 Å². The zero-order valence-corrected chi connectivity index (χ0v) is 11.6. The zero-order chi connectivity index (χ0) is 13.8. The van der Waals surface area contributed by atoms with E-state index in [1.807, 2.05) is 30.3 Å². The molecule has 1 aromatic carbocycles. The topological polar surface area (TPSA) is 49.4 Å². The van der Waals surface area contributed by atoms with Crippen molar-refractivity contribution in [3.8, 4) is 0 Å². The lowest BCUT2D eigenvalue weighted by molar-refractivity contribution is -0.121. The third-order valence-electron chi connectivity index (χ3n) is 3.20. The summed E-state index contributed by atoms with van der Waals surface area (Å²) in [4.78, 5) is 25.1. The predicted molar refractivity (Wildman–Crippen MR) is 75.2 cm³/mol. The van der Waals surface area contributed by atoms with Crippen molar-refractivity contribution in [1.29, 1.82) is 0 Å². The van der Waals surface area contributed by atoms with Gasteiger partial charge in [0.05, 0.1) is 0 Å². The van der Waals surface area contributed by atoms with E-state index >= 15 is 0 Å². The molecule has 0 saturated carbocycles. The Morgan fingerprint density at radius 2 is 2.16 bits per heavy atom. The Bertz CT molecular complexity index is 462. The van der Waals surface area contributed by atoms with Gasteiger partial charge in [0.15, 0.2) is 0 Å². The van der Waals surface area contributed by atoms with Gasteiger partial charge in [0, 0.05) is 31.1 Å². The zero-order valence-electron chi connectivity index (χ0n) is 10.8. The van der Waals surface area contributed by atoms with E-state index in [0.717, 1.165) is 5.69 Å². The lowest BCUT2D eigenvalue weighted by Gasteiger charge is -2.17. The van der Waals surface area contributed by atoms with Crippen LogP contribution < -0.4 is 10.2 Å². The molecule has 0 spiro atoms. The molecule has 1 saturated heterocycles. The molecule has 1 aromatic rings. The van der Waals surface area contributed by atoms with Crippen LogP contribution in [0.2, 0.25) is 0 Å². The Morgan fingerprint density at radius 1 is 1.47 bits per heavy atom. The lowest BCUT2D eigenvalue weighted by Crippen LogP contribution is -2.34. The number of nitrogens with zero attached hydrogens (tertiary/aromatic N) is 1. The number of alkyl halides is 1. The van der Waals surface area contributed by atoms with Crippen LogP contribution in [0.5, 0.6) is 0 Å². The van der Waals surface area contributed by atoms with Crippen molar-refractivity contribution in [1.82, 2.24) is 5.32 Å². The highest BCUT2D eigenvalue weighted by atomic mass is 35.5. The van der Waals surface area contributed by atoms with Gasteiger partial charge in [0.2, 0.25) is 11.8 Å². The number of rotatable bonds is 4. The number of hydrogen-bond acceptors (Lipinski definition) is 2. The Balaban J connectivity index is 1.91. The molecule has 2 amide bonds. The molecule has 19 heavy (non-hydrogen) atoms. The van der Waals surface area contributed by atoms with Crippen molar-refractivity contribution >= 4 is 29.1 Å². The first kappa shape index (κ1) is 13.9. The largest absolute Gasteiger partial charge is 0.354 e. The first-order chi connectivity index (χ1) is 9.08. The van der Waals surface area contributed by atoms with E-state index in [0.29, 0.717) is 19.5 Å². The van der Waals surface area contributed by atoms with Crippen LogP contribution >= 0.6 is 11.6 Å². The maximum Gasteiger partial charge on any atom is 0.237 e. The van der Waals surface area contributed by atoms with Crippen molar-refractivity contribution in [2.75, 3.05) is 18.0 Å². The van der Waals surface area contributed by atoms with Gasteiger partial charge in [-0.1, -0.05) is 18.2 Å². The molecule has 2 rings (SSSR count). The molecule has 1 aliphatic heterocycles. The Kier molecular flexibility index (Phi) is 4.43. The number of hydrogen-bond donors (Lipinski definition) is 1. The van der Waals surface area contributed by atoms with Gasteiger partial charge in [-0.2, -0.15) is 0 Å². The fourth-order valence-electron chi connectivity index (χ4n) is 2.16. The van der Waals surface area contributed by atoms with Crippen LogP contribution in [0.3, 0.4) is 0 Å². The Labute approximate surface area is 117 Å². The molecule has 1 N–H and O–H groups in total. The SMILES string of the molecule is CC(Cl)C(=O)NCC1CC(=O)N(c2ccccc2)C1. The molecular weight excluding hydrogens is 264 g/mol. The summed E-state index contributed by atoms with van der Waals surface area (Å²) in [6.07, 6.45) is 0.464. The maximum absolute atomic E-state index is 12.0. The summed E-state index contributed by atoms with van der Waals surface area (Å²) >= 11 is 5.68. The fraction of sp³-hybridized carbons (Fsp3) is 0.429.